The minimum Gasteiger partial charge on any atom is -0.481 e. The molecule has 0 aliphatic carbocycles. The molecule has 0 radical (unpaired) electrons. The van der Waals surface area contributed by atoms with Crippen molar-refractivity contribution in [1.29, 1.82) is 0 Å². The Hall–Kier alpha value is -2.27. The van der Waals surface area contributed by atoms with Crippen LogP contribution in [0.4, 0.5) is 0 Å². The first-order chi connectivity index (χ1) is 11.5. The molecule has 126 valence electrons. The fraction of sp³-hybridized carbons (Fsp3) is 0.333. The molecular formula is C18H18ClNO4. The Bertz CT molecular complexity index is 770. The molecule has 1 aliphatic heterocycles. The van der Waals surface area contributed by atoms with Gasteiger partial charge in [0, 0.05) is 18.7 Å². The van der Waals surface area contributed by atoms with Crippen molar-refractivity contribution < 1.29 is 19.1 Å². The first-order valence-electron chi connectivity index (χ1n) is 7.84. The second kappa shape index (κ2) is 6.69. The van der Waals surface area contributed by atoms with Crippen LogP contribution in [0.1, 0.15) is 23.9 Å². The molecule has 6 heteroatoms. The summed E-state index contributed by atoms with van der Waals surface area (Å²) in [4.78, 5) is 25.4. The van der Waals surface area contributed by atoms with E-state index in [2.05, 4.69) is 0 Å². The molecule has 2 unspecified atom stereocenters. The number of furan rings is 1. The largest absolute Gasteiger partial charge is 0.481 e. The molecule has 1 amide bonds. The van der Waals surface area contributed by atoms with Crippen LogP contribution in [-0.2, 0) is 4.79 Å². The van der Waals surface area contributed by atoms with Crippen molar-refractivity contribution in [3.63, 3.8) is 0 Å². The van der Waals surface area contributed by atoms with Gasteiger partial charge >= 0.3 is 5.97 Å². The first-order valence-corrected chi connectivity index (χ1v) is 8.22. The number of carbonyl (C=O) groups is 2. The number of piperidine rings is 1. The van der Waals surface area contributed by atoms with Crippen molar-refractivity contribution in [3.8, 4) is 11.3 Å². The lowest BCUT2D eigenvalue weighted by Crippen LogP contribution is -2.44. The van der Waals surface area contributed by atoms with Crippen LogP contribution < -0.4 is 0 Å². The van der Waals surface area contributed by atoms with Gasteiger partial charge in [0.05, 0.1) is 10.9 Å². The molecule has 24 heavy (non-hydrogen) atoms. The Balaban J connectivity index is 1.75. The van der Waals surface area contributed by atoms with Crippen LogP contribution >= 0.6 is 11.6 Å². The van der Waals surface area contributed by atoms with Gasteiger partial charge in [-0.05, 0) is 36.6 Å². The smallest absolute Gasteiger partial charge is 0.306 e. The molecule has 1 aromatic heterocycles. The summed E-state index contributed by atoms with van der Waals surface area (Å²) in [6, 6.07) is 10.6. The number of nitrogens with zero attached hydrogens (tertiary/aromatic N) is 1. The third-order valence-corrected chi connectivity index (χ3v) is 4.80. The van der Waals surface area contributed by atoms with E-state index in [1.165, 1.54) is 0 Å². The van der Waals surface area contributed by atoms with E-state index in [0.717, 1.165) is 5.56 Å². The zero-order chi connectivity index (χ0) is 17.3. The van der Waals surface area contributed by atoms with Crippen LogP contribution in [0.2, 0.25) is 5.02 Å². The van der Waals surface area contributed by atoms with Gasteiger partial charge in [-0.1, -0.05) is 30.7 Å². The minimum absolute atomic E-state index is 0.0850. The average Bonchev–Trinajstić information content (AvgIpc) is 3.03. The number of halogens is 1. The second-order valence-corrected chi connectivity index (χ2v) is 6.51. The van der Waals surface area contributed by atoms with Crippen molar-refractivity contribution >= 4 is 23.5 Å². The Labute approximate surface area is 144 Å². The van der Waals surface area contributed by atoms with Gasteiger partial charge in [0.1, 0.15) is 5.76 Å². The van der Waals surface area contributed by atoms with Crippen LogP contribution in [0.5, 0.6) is 0 Å². The molecule has 1 fully saturated rings. The zero-order valence-corrected chi connectivity index (χ0v) is 14.0. The predicted octanol–water partition coefficient (Wildman–Crippen LogP) is 3.78. The highest BCUT2D eigenvalue weighted by Gasteiger charge is 2.34. The number of hydrogen-bond donors (Lipinski definition) is 1. The summed E-state index contributed by atoms with van der Waals surface area (Å²) in [7, 11) is 0. The molecule has 0 bridgehead atoms. The number of amides is 1. The maximum atomic E-state index is 12.6. The quantitative estimate of drug-likeness (QED) is 0.917. The number of carbonyl (C=O) groups excluding carboxylic acids is 1. The van der Waals surface area contributed by atoms with E-state index < -0.39 is 11.9 Å². The van der Waals surface area contributed by atoms with Crippen molar-refractivity contribution in [1.82, 2.24) is 4.90 Å². The number of hydrogen-bond acceptors (Lipinski definition) is 3. The summed E-state index contributed by atoms with van der Waals surface area (Å²) in [5.41, 5.74) is 0.733. The molecule has 3 rings (SSSR count). The summed E-state index contributed by atoms with van der Waals surface area (Å²) in [6.07, 6.45) is 0.459. The Kier molecular flexibility index (Phi) is 4.62. The number of benzene rings is 1. The van der Waals surface area contributed by atoms with E-state index in [-0.39, 0.29) is 17.6 Å². The van der Waals surface area contributed by atoms with Crippen LogP contribution in [0, 0.1) is 11.8 Å². The topological polar surface area (TPSA) is 70.8 Å². The van der Waals surface area contributed by atoms with Gasteiger partial charge in [0.15, 0.2) is 5.76 Å². The highest BCUT2D eigenvalue weighted by molar-refractivity contribution is 6.33. The van der Waals surface area contributed by atoms with Crippen LogP contribution in [-0.4, -0.2) is 35.0 Å². The third kappa shape index (κ3) is 3.17. The van der Waals surface area contributed by atoms with Crippen LogP contribution in [0.15, 0.2) is 40.8 Å². The van der Waals surface area contributed by atoms with Gasteiger partial charge in [-0.2, -0.15) is 0 Å². The van der Waals surface area contributed by atoms with E-state index in [0.29, 0.717) is 30.3 Å². The molecule has 5 nitrogen and oxygen atoms in total. The molecule has 0 saturated carbocycles. The molecule has 2 atom stereocenters. The number of carboxylic acid groups (broad SMARTS) is 1. The monoisotopic (exact) mass is 347 g/mol. The first kappa shape index (κ1) is 16.6. The van der Waals surface area contributed by atoms with Crippen molar-refractivity contribution in [2.75, 3.05) is 13.1 Å². The molecule has 1 N–H and O–H groups in total. The summed E-state index contributed by atoms with van der Waals surface area (Å²) in [5.74, 6) is -0.719. The number of rotatable bonds is 3. The molecule has 2 aromatic rings. The van der Waals surface area contributed by atoms with E-state index >= 15 is 0 Å². The Morgan fingerprint density at radius 1 is 1.25 bits per heavy atom. The molecule has 0 spiro atoms. The number of aliphatic carboxylic acids is 1. The zero-order valence-electron chi connectivity index (χ0n) is 13.2. The van der Waals surface area contributed by atoms with Gasteiger partial charge in [-0.15, -0.1) is 0 Å². The second-order valence-electron chi connectivity index (χ2n) is 6.11. The normalized spacial score (nSPS) is 20.8. The minimum atomic E-state index is -0.798. The van der Waals surface area contributed by atoms with Gasteiger partial charge in [0.25, 0.3) is 5.91 Å². The van der Waals surface area contributed by atoms with Gasteiger partial charge in [-0.25, -0.2) is 0 Å². The van der Waals surface area contributed by atoms with Gasteiger partial charge in [-0.3, -0.25) is 9.59 Å². The lowest BCUT2D eigenvalue weighted by Gasteiger charge is -2.34. The molecule has 2 heterocycles. The van der Waals surface area contributed by atoms with E-state index in [4.69, 9.17) is 16.0 Å². The fourth-order valence-electron chi connectivity index (χ4n) is 3.11. The third-order valence-electron chi connectivity index (χ3n) is 4.47. The van der Waals surface area contributed by atoms with Crippen LogP contribution in [0.25, 0.3) is 11.3 Å². The Morgan fingerprint density at radius 3 is 2.67 bits per heavy atom. The summed E-state index contributed by atoms with van der Waals surface area (Å²) >= 11 is 6.15. The average molecular weight is 348 g/mol. The molecule has 1 aromatic carbocycles. The van der Waals surface area contributed by atoms with Crippen molar-refractivity contribution in [2.24, 2.45) is 11.8 Å². The number of carboxylic acids is 1. The Morgan fingerprint density at radius 2 is 2.00 bits per heavy atom. The SMILES string of the molecule is CC1CN(C(=O)c2ccc(-c3ccccc3Cl)o2)CCC1C(=O)O. The van der Waals surface area contributed by atoms with Gasteiger partial charge < -0.3 is 14.4 Å². The highest BCUT2D eigenvalue weighted by atomic mass is 35.5. The van der Waals surface area contributed by atoms with E-state index in [9.17, 15) is 14.7 Å². The standard InChI is InChI=1S/C18H18ClNO4/c1-11-10-20(9-8-12(11)18(22)23)17(21)16-7-6-15(24-16)13-4-2-3-5-14(13)19/h2-7,11-12H,8-10H2,1H3,(H,22,23). The van der Waals surface area contributed by atoms with Gasteiger partial charge in [0.2, 0.25) is 0 Å². The van der Waals surface area contributed by atoms with Crippen LogP contribution in [0.3, 0.4) is 0 Å². The summed E-state index contributed by atoms with van der Waals surface area (Å²) in [5, 5.41) is 9.73. The molecular weight excluding hydrogens is 330 g/mol. The lowest BCUT2D eigenvalue weighted by atomic mass is 9.87. The van der Waals surface area contributed by atoms with E-state index in [1.54, 1.807) is 23.1 Å². The predicted molar refractivity (Wildman–Crippen MR) is 90.0 cm³/mol. The summed E-state index contributed by atoms with van der Waals surface area (Å²) in [6.45, 7) is 2.69. The van der Waals surface area contributed by atoms with E-state index in [1.807, 2.05) is 25.1 Å². The maximum Gasteiger partial charge on any atom is 0.306 e. The highest BCUT2D eigenvalue weighted by Crippen LogP contribution is 2.30. The van der Waals surface area contributed by atoms with Crippen molar-refractivity contribution in [2.45, 2.75) is 13.3 Å². The maximum absolute atomic E-state index is 12.6. The summed E-state index contributed by atoms with van der Waals surface area (Å²) < 4.78 is 5.68. The molecule has 1 aliphatic rings. The molecule has 1 saturated heterocycles. The fourth-order valence-corrected chi connectivity index (χ4v) is 3.34. The van der Waals surface area contributed by atoms with Crippen molar-refractivity contribution in [3.05, 3.63) is 47.2 Å². The lowest BCUT2D eigenvalue weighted by molar-refractivity contribution is -0.145. The number of likely N-dealkylation sites (tertiary alicyclic amines) is 1.